The van der Waals surface area contributed by atoms with E-state index in [1.807, 2.05) is 0 Å². The van der Waals surface area contributed by atoms with E-state index in [4.69, 9.17) is 5.73 Å². The van der Waals surface area contributed by atoms with Crippen molar-refractivity contribution in [1.82, 2.24) is 14.9 Å². The summed E-state index contributed by atoms with van der Waals surface area (Å²) >= 11 is 0. The van der Waals surface area contributed by atoms with Crippen LogP contribution in [0.2, 0.25) is 0 Å². The first kappa shape index (κ1) is 20.5. The molecule has 3 amide bonds. The first-order valence-electron chi connectivity index (χ1n) is 8.81. The van der Waals surface area contributed by atoms with E-state index in [2.05, 4.69) is 10.6 Å². The molecule has 1 fully saturated rings. The van der Waals surface area contributed by atoms with E-state index < -0.39 is 27.9 Å². The number of primary amides is 1. The van der Waals surface area contributed by atoms with Gasteiger partial charge in [-0.05, 0) is 23.8 Å². The SMILES string of the molecule is NC(=O)C(NC(=O)c1cccc(S(=O)(=O)N2CCNC(=O)C2)c1)c1ccccc1. The maximum Gasteiger partial charge on any atom is 0.252 e. The third-order valence-electron chi connectivity index (χ3n) is 4.43. The number of hydrogen-bond donors (Lipinski definition) is 3. The van der Waals surface area contributed by atoms with Crippen LogP contribution in [0.5, 0.6) is 0 Å². The molecule has 9 nitrogen and oxygen atoms in total. The molecule has 0 spiro atoms. The van der Waals surface area contributed by atoms with Gasteiger partial charge in [-0.25, -0.2) is 8.42 Å². The van der Waals surface area contributed by atoms with Crippen molar-refractivity contribution in [3.63, 3.8) is 0 Å². The molecule has 10 heteroatoms. The topological polar surface area (TPSA) is 139 Å². The van der Waals surface area contributed by atoms with E-state index in [-0.39, 0.29) is 36.0 Å². The number of nitrogens with two attached hydrogens (primary N) is 1. The number of piperazine rings is 1. The Morgan fingerprint density at radius 3 is 2.48 bits per heavy atom. The smallest absolute Gasteiger partial charge is 0.252 e. The summed E-state index contributed by atoms with van der Waals surface area (Å²) < 4.78 is 26.7. The van der Waals surface area contributed by atoms with Gasteiger partial charge >= 0.3 is 0 Å². The number of rotatable bonds is 6. The molecular weight excluding hydrogens is 396 g/mol. The lowest BCUT2D eigenvalue weighted by Crippen LogP contribution is -2.49. The van der Waals surface area contributed by atoms with Gasteiger partial charge in [0, 0.05) is 18.7 Å². The highest BCUT2D eigenvalue weighted by molar-refractivity contribution is 7.89. The van der Waals surface area contributed by atoms with E-state index in [0.29, 0.717) is 5.56 Å². The zero-order valence-corrected chi connectivity index (χ0v) is 16.2. The Hall–Kier alpha value is -3.24. The van der Waals surface area contributed by atoms with Crippen molar-refractivity contribution in [3.05, 3.63) is 65.7 Å². The van der Waals surface area contributed by atoms with Crippen molar-refractivity contribution in [2.45, 2.75) is 10.9 Å². The van der Waals surface area contributed by atoms with Crippen LogP contribution in [0.3, 0.4) is 0 Å². The molecule has 1 atom stereocenters. The van der Waals surface area contributed by atoms with Crippen LogP contribution < -0.4 is 16.4 Å². The number of nitrogens with one attached hydrogen (secondary N) is 2. The molecule has 1 aliphatic heterocycles. The molecule has 2 aromatic rings. The van der Waals surface area contributed by atoms with E-state index in [1.165, 1.54) is 24.3 Å². The van der Waals surface area contributed by atoms with Gasteiger partial charge in [0.1, 0.15) is 6.04 Å². The molecule has 29 heavy (non-hydrogen) atoms. The van der Waals surface area contributed by atoms with Gasteiger partial charge in [0.25, 0.3) is 5.91 Å². The van der Waals surface area contributed by atoms with Gasteiger partial charge in [0.2, 0.25) is 21.8 Å². The predicted octanol–water partition coefficient (Wildman–Crippen LogP) is -0.236. The Bertz CT molecular complexity index is 1040. The zero-order valence-electron chi connectivity index (χ0n) is 15.4. The summed E-state index contributed by atoms with van der Waals surface area (Å²) in [5, 5.41) is 5.09. The molecule has 1 unspecified atom stereocenters. The van der Waals surface area contributed by atoms with Crippen molar-refractivity contribution < 1.29 is 22.8 Å². The first-order chi connectivity index (χ1) is 13.8. The highest BCUT2D eigenvalue weighted by atomic mass is 32.2. The molecule has 4 N–H and O–H groups in total. The van der Waals surface area contributed by atoms with Gasteiger partial charge in [-0.3, -0.25) is 14.4 Å². The number of sulfonamides is 1. The minimum Gasteiger partial charge on any atom is -0.368 e. The van der Waals surface area contributed by atoms with E-state index >= 15 is 0 Å². The number of carbonyl (C=O) groups is 3. The molecular formula is C19H20N4O5S. The molecule has 1 saturated heterocycles. The average Bonchev–Trinajstić information content (AvgIpc) is 2.72. The molecule has 3 rings (SSSR count). The summed E-state index contributed by atoms with van der Waals surface area (Å²) in [5.74, 6) is -1.78. The molecule has 152 valence electrons. The van der Waals surface area contributed by atoms with Crippen LogP contribution in [0.1, 0.15) is 22.0 Å². The minimum atomic E-state index is -3.95. The van der Waals surface area contributed by atoms with Gasteiger partial charge in [-0.2, -0.15) is 4.31 Å². The second-order valence-corrected chi connectivity index (χ2v) is 8.37. The summed E-state index contributed by atoms with van der Waals surface area (Å²) in [6.45, 7) is 0.0778. The van der Waals surface area contributed by atoms with Gasteiger partial charge in [-0.15, -0.1) is 0 Å². The maximum absolute atomic E-state index is 12.8. The number of hydrogen-bond acceptors (Lipinski definition) is 5. The maximum atomic E-state index is 12.8. The molecule has 0 aliphatic carbocycles. The molecule has 0 saturated carbocycles. The van der Waals surface area contributed by atoms with Crippen LogP contribution in [0.15, 0.2) is 59.5 Å². The molecule has 0 aromatic heterocycles. The van der Waals surface area contributed by atoms with Crippen LogP contribution in [0.25, 0.3) is 0 Å². The van der Waals surface area contributed by atoms with Crippen LogP contribution >= 0.6 is 0 Å². The zero-order chi connectivity index (χ0) is 21.0. The molecule has 2 aromatic carbocycles. The predicted molar refractivity (Wildman–Crippen MR) is 104 cm³/mol. The number of benzene rings is 2. The largest absolute Gasteiger partial charge is 0.368 e. The summed E-state index contributed by atoms with van der Waals surface area (Å²) in [6, 6.07) is 12.8. The fourth-order valence-corrected chi connectivity index (χ4v) is 4.39. The van der Waals surface area contributed by atoms with Gasteiger partial charge in [-0.1, -0.05) is 36.4 Å². The summed E-state index contributed by atoms with van der Waals surface area (Å²) in [7, 11) is -3.95. The van der Waals surface area contributed by atoms with Gasteiger partial charge in [0.15, 0.2) is 0 Å². The fourth-order valence-electron chi connectivity index (χ4n) is 2.95. The molecule has 1 aliphatic rings. The fraction of sp³-hybridized carbons (Fsp3) is 0.211. The third kappa shape index (κ3) is 4.61. The van der Waals surface area contributed by atoms with Crippen molar-refractivity contribution in [2.75, 3.05) is 19.6 Å². The van der Waals surface area contributed by atoms with E-state index in [0.717, 1.165) is 4.31 Å². The normalized spacial score (nSPS) is 15.9. The molecule has 0 radical (unpaired) electrons. The summed E-state index contributed by atoms with van der Waals surface area (Å²) in [4.78, 5) is 35.9. The van der Waals surface area contributed by atoms with Gasteiger partial charge in [0.05, 0.1) is 11.4 Å². The van der Waals surface area contributed by atoms with Gasteiger partial charge < -0.3 is 16.4 Å². The standard InChI is InChI=1S/C19H20N4O5S/c20-18(25)17(13-5-2-1-3-6-13)22-19(26)14-7-4-8-15(11-14)29(27,28)23-10-9-21-16(24)12-23/h1-8,11,17H,9-10,12H2,(H2,20,25)(H,21,24)(H,22,26). The van der Waals surface area contributed by atoms with Crippen molar-refractivity contribution in [3.8, 4) is 0 Å². The van der Waals surface area contributed by atoms with Crippen LogP contribution in [0.4, 0.5) is 0 Å². The van der Waals surface area contributed by atoms with E-state index in [1.54, 1.807) is 30.3 Å². The lowest BCUT2D eigenvalue weighted by Gasteiger charge is -2.26. The van der Waals surface area contributed by atoms with Crippen LogP contribution in [-0.4, -0.2) is 50.1 Å². The number of nitrogens with zero attached hydrogens (tertiary/aromatic N) is 1. The first-order valence-corrected chi connectivity index (χ1v) is 10.2. The highest BCUT2D eigenvalue weighted by Crippen LogP contribution is 2.19. The number of amides is 3. The second kappa shape index (κ2) is 8.41. The van der Waals surface area contributed by atoms with Crippen molar-refractivity contribution in [1.29, 1.82) is 0 Å². The molecule has 0 bridgehead atoms. The Morgan fingerprint density at radius 1 is 1.10 bits per heavy atom. The van der Waals surface area contributed by atoms with E-state index in [9.17, 15) is 22.8 Å². The minimum absolute atomic E-state index is 0.0507. The Balaban J connectivity index is 1.84. The van der Waals surface area contributed by atoms with Crippen molar-refractivity contribution in [2.24, 2.45) is 5.73 Å². The second-order valence-electron chi connectivity index (χ2n) is 6.44. The average molecular weight is 416 g/mol. The Morgan fingerprint density at radius 2 is 1.83 bits per heavy atom. The lowest BCUT2D eigenvalue weighted by molar-refractivity contribution is -0.122. The Labute approximate surface area is 167 Å². The highest BCUT2D eigenvalue weighted by Gasteiger charge is 2.30. The third-order valence-corrected chi connectivity index (χ3v) is 6.27. The number of carbonyl (C=O) groups excluding carboxylic acids is 3. The monoisotopic (exact) mass is 416 g/mol. The summed E-state index contributed by atoms with van der Waals surface area (Å²) in [5.41, 5.74) is 5.97. The molecule has 1 heterocycles. The lowest BCUT2D eigenvalue weighted by atomic mass is 10.1. The van der Waals surface area contributed by atoms with Crippen LogP contribution in [-0.2, 0) is 19.6 Å². The van der Waals surface area contributed by atoms with Crippen molar-refractivity contribution >= 4 is 27.7 Å². The Kier molecular flexibility index (Phi) is 5.95. The quantitative estimate of drug-likeness (QED) is 0.597. The summed E-state index contributed by atoms with van der Waals surface area (Å²) in [6.07, 6.45) is 0. The van der Waals surface area contributed by atoms with Crippen LogP contribution in [0, 0.1) is 0 Å².